The molecule has 2 saturated heterocycles. The van der Waals surface area contributed by atoms with Crippen molar-refractivity contribution in [2.75, 3.05) is 38.1 Å². The van der Waals surface area contributed by atoms with E-state index < -0.39 is 28.6 Å². The number of piperidine rings is 1. The van der Waals surface area contributed by atoms with Crippen LogP contribution >= 0.6 is 0 Å². The number of halogens is 3. The average molecular weight is 486 g/mol. The molecule has 8 nitrogen and oxygen atoms in total. The Morgan fingerprint density at radius 2 is 1.91 bits per heavy atom. The number of carbonyl (C=O) groups is 2. The number of benzene rings is 1. The van der Waals surface area contributed by atoms with Gasteiger partial charge in [-0.1, -0.05) is 0 Å². The Balaban J connectivity index is 1.57. The Hall–Kier alpha value is -3.68. The maximum atomic E-state index is 13.5. The molecule has 2 fully saturated rings. The highest BCUT2D eigenvalue weighted by Crippen LogP contribution is 2.47. The van der Waals surface area contributed by atoms with E-state index >= 15 is 0 Å². The number of anilines is 1. The van der Waals surface area contributed by atoms with Crippen molar-refractivity contribution in [3.8, 4) is 6.07 Å². The van der Waals surface area contributed by atoms with Crippen LogP contribution in [-0.2, 0) is 11.0 Å². The van der Waals surface area contributed by atoms with Gasteiger partial charge >= 0.3 is 6.18 Å². The number of nitrogens with zero attached hydrogens (tertiary/aromatic N) is 5. The third kappa shape index (κ3) is 4.65. The van der Waals surface area contributed by atoms with Crippen molar-refractivity contribution in [2.45, 2.75) is 25.9 Å². The minimum absolute atomic E-state index is 0.179. The first-order valence-electron chi connectivity index (χ1n) is 11.2. The molecule has 3 heterocycles. The third-order valence-electron chi connectivity index (χ3n) is 7.05. The minimum atomic E-state index is -4.66. The van der Waals surface area contributed by atoms with E-state index in [2.05, 4.69) is 15.3 Å². The van der Waals surface area contributed by atoms with Crippen molar-refractivity contribution in [2.24, 2.45) is 11.3 Å². The first-order valence-corrected chi connectivity index (χ1v) is 11.2. The van der Waals surface area contributed by atoms with E-state index in [9.17, 15) is 22.8 Å². The number of hydrogen-bond donors (Lipinski definition) is 1. The number of alkyl halides is 3. The Bertz CT molecular complexity index is 1170. The lowest BCUT2D eigenvalue weighted by molar-refractivity contribution is -0.137. The Morgan fingerprint density at radius 3 is 2.49 bits per heavy atom. The first-order chi connectivity index (χ1) is 16.6. The van der Waals surface area contributed by atoms with Crippen LogP contribution in [0.3, 0.4) is 0 Å². The molecule has 0 aliphatic carbocycles. The quantitative estimate of drug-likeness (QED) is 0.716. The second kappa shape index (κ2) is 9.17. The smallest absolute Gasteiger partial charge is 0.370 e. The van der Waals surface area contributed by atoms with Crippen molar-refractivity contribution in [3.63, 3.8) is 0 Å². The summed E-state index contributed by atoms with van der Waals surface area (Å²) in [7, 11) is 1.54. The molecule has 1 spiro atoms. The molecule has 1 atom stereocenters. The molecule has 1 N–H and O–H groups in total. The van der Waals surface area contributed by atoms with Gasteiger partial charge in [-0.25, -0.2) is 4.98 Å². The van der Waals surface area contributed by atoms with E-state index in [1.165, 1.54) is 31.6 Å². The first kappa shape index (κ1) is 24.4. The fourth-order valence-corrected chi connectivity index (χ4v) is 5.09. The lowest BCUT2D eigenvalue weighted by Gasteiger charge is -2.41. The molecule has 2 aromatic rings. The second-order valence-corrected chi connectivity index (χ2v) is 9.08. The predicted molar refractivity (Wildman–Crippen MR) is 120 cm³/mol. The fourth-order valence-electron chi connectivity index (χ4n) is 5.09. The molecule has 4 rings (SSSR count). The highest BCUT2D eigenvalue weighted by Gasteiger charge is 2.51. The molecule has 184 valence electrons. The number of aromatic nitrogens is 2. The Kier molecular flexibility index (Phi) is 6.40. The van der Waals surface area contributed by atoms with Crippen molar-refractivity contribution < 1.29 is 22.8 Å². The maximum absolute atomic E-state index is 13.5. The van der Waals surface area contributed by atoms with Gasteiger partial charge in [-0.3, -0.25) is 14.6 Å². The molecule has 1 aromatic carbocycles. The predicted octanol–water partition coefficient (Wildman–Crippen LogP) is 2.78. The summed E-state index contributed by atoms with van der Waals surface area (Å²) in [5.41, 5.74) is -0.661. The van der Waals surface area contributed by atoms with E-state index in [1.807, 2.05) is 0 Å². The number of amides is 2. The van der Waals surface area contributed by atoms with Gasteiger partial charge in [0.2, 0.25) is 5.91 Å². The van der Waals surface area contributed by atoms with Gasteiger partial charge in [-0.15, -0.1) is 0 Å². The SMILES string of the molecule is CNC(=O)C1CN(c2ccc(C#N)c(C(F)(F)F)c2)CC12CCN(C(=O)c1cnc(C)cn1)CC2. The summed E-state index contributed by atoms with van der Waals surface area (Å²) in [6, 6.07) is 5.23. The highest BCUT2D eigenvalue weighted by molar-refractivity contribution is 5.92. The number of carbonyl (C=O) groups excluding carboxylic acids is 2. The molecule has 0 bridgehead atoms. The summed E-state index contributed by atoms with van der Waals surface area (Å²) in [6.07, 6.45) is -0.648. The molecular formula is C24H25F3N6O2. The fraction of sp³-hybridized carbons (Fsp3) is 0.458. The summed E-state index contributed by atoms with van der Waals surface area (Å²) in [4.78, 5) is 37.4. The van der Waals surface area contributed by atoms with Gasteiger partial charge in [0.25, 0.3) is 5.91 Å². The topological polar surface area (TPSA) is 102 Å². The lowest BCUT2D eigenvalue weighted by atomic mass is 9.70. The number of likely N-dealkylation sites (tertiary alicyclic amines) is 1. The van der Waals surface area contributed by atoms with Crippen LogP contribution in [0.15, 0.2) is 30.6 Å². The molecule has 0 radical (unpaired) electrons. The lowest BCUT2D eigenvalue weighted by Crippen LogP contribution is -2.49. The summed E-state index contributed by atoms with van der Waals surface area (Å²) in [6.45, 7) is 3.21. The van der Waals surface area contributed by atoms with E-state index in [1.54, 1.807) is 22.8 Å². The zero-order valence-corrected chi connectivity index (χ0v) is 19.4. The van der Waals surface area contributed by atoms with Crippen LogP contribution in [0.5, 0.6) is 0 Å². The van der Waals surface area contributed by atoms with E-state index in [4.69, 9.17) is 5.26 Å². The van der Waals surface area contributed by atoms with Gasteiger partial charge < -0.3 is 15.1 Å². The second-order valence-electron chi connectivity index (χ2n) is 9.08. The molecular weight excluding hydrogens is 461 g/mol. The molecule has 35 heavy (non-hydrogen) atoms. The Labute approximate surface area is 200 Å². The molecule has 2 amide bonds. The summed E-state index contributed by atoms with van der Waals surface area (Å²) >= 11 is 0. The molecule has 1 unspecified atom stereocenters. The number of aryl methyl sites for hydroxylation is 1. The standard InChI is InChI=1S/C24H25F3N6O2/c1-15-11-31-20(12-30-15)22(35)32-7-5-23(6-8-32)14-33(13-19(23)21(34)29-2)17-4-3-16(10-28)18(9-17)24(25,26)27/h3-4,9,11-12,19H,5-8,13-14H2,1-2H3,(H,29,34). The van der Waals surface area contributed by atoms with Gasteiger partial charge in [0.1, 0.15) is 5.69 Å². The van der Waals surface area contributed by atoms with Crippen LogP contribution in [0.4, 0.5) is 18.9 Å². The van der Waals surface area contributed by atoms with Crippen LogP contribution in [0, 0.1) is 29.6 Å². The van der Waals surface area contributed by atoms with Crippen molar-refractivity contribution in [3.05, 3.63) is 53.1 Å². The third-order valence-corrected chi connectivity index (χ3v) is 7.05. The van der Waals surface area contributed by atoms with Gasteiger partial charge in [-0.2, -0.15) is 18.4 Å². The Morgan fingerprint density at radius 1 is 1.20 bits per heavy atom. The summed E-state index contributed by atoms with van der Waals surface area (Å²) < 4.78 is 40.5. The molecule has 0 saturated carbocycles. The minimum Gasteiger partial charge on any atom is -0.370 e. The summed E-state index contributed by atoms with van der Waals surface area (Å²) in [5.74, 6) is -0.865. The molecule has 11 heteroatoms. The summed E-state index contributed by atoms with van der Waals surface area (Å²) in [5, 5.41) is 11.8. The van der Waals surface area contributed by atoms with Gasteiger partial charge in [-0.05, 0) is 38.0 Å². The zero-order chi connectivity index (χ0) is 25.4. The number of rotatable bonds is 3. The van der Waals surface area contributed by atoms with Gasteiger partial charge in [0.05, 0.1) is 35.0 Å². The van der Waals surface area contributed by atoms with Crippen LogP contribution < -0.4 is 10.2 Å². The maximum Gasteiger partial charge on any atom is 0.417 e. The number of nitrogens with one attached hydrogen (secondary N) is 1. The molecule has 1 aromatic heterocycles. The van der Waals surface area contributed by atoms with Gasteiger partial charge in [0, 0.05) is 50.5 Å². The van der Waals surface area contributed by atoms with Crippen molar-refractivity contribution >= 4 is 17.5 Å². The highest BCUT2D eigenvalue weighted by atomic mass is 19.4. The number of hydrogen-bond acceptors (Lipinski definition) is 6. The van der Waals surface area contributed by atoms with E-state index in [0.29, 0.717) is 43.9 Å². The van der Waals surface area contributed by atoms with Crippen molar-refractivity contribution in [1.82, 2.24) is 20.2 Å². The van der Waals surface area contributed by atoms with Crippen LogP contribution in [0.1, 0.15) is 40.2 Å². The molecule has 2 aliphatic rings. The number of nitriles is 1. The largest absolute Gasteiger partial charge is 0.417 e. The van der Waals surface area contributed by atoms with Crippen LogP contribution in [0.2, 0.25) is 0 Å². The van der Waals surface area contributed by atoms with Crippen LogP contribution in [-0.4, -0.2) is 59.9 Å². The van der Waals surface area contributed by atoms with Gasteiger partial charge in [0.15, 0.2) is 0 Å². The van der Waals surface area contributed by atoms with E-state index in [0.717, 1.165) is 6.07 Å². The zero-order valence-electron chi connectivity index (χ0n) is 19.4. The molecule has 2 aliphatic heterocycles. The van der Waals surface area contributed by atoms with Crippen LogP contribution in [0.25, 0.3) is 0 Å². The van der Waals surface area contributed by atoms with Crippen molar-refractivity contribution in [1.29, 1.82) is 5.26 Å². The normalized spacial score (nSPS) is 19.5. The van der Waals surface area contributed by atoms with E-state index in [-0.39, 0.29) is 24.1 Å². The monoisotopic (exact) mass is 486 g/mol. The average Bonchev–Trinajstić information content (AvgIpc) is 3.21.